The molecule has 1 aromatic rings. The van der Waals surface area contributed by atoms with E-state index in [1.54, 1.807) is 0 Å². The van der Waals surface area contributed by atoms with Gasteiger partial charge in [0.05, 0.1) is 6.04 Å². The molecule has 2 nitrogen and oxygen atoms in total. The van der Waals surface area contributed by atoms with Crippen molar-refractivity contribution in [2.45, 2.75) is 13.0 Å². The Morgan fingerprint density at radius 2 is 2.33 bits per heavy atom. The molecule has 1 atom stereocenters. The number of hydrogen-bond acceptors (Lipinski definition) is 2. The van der Waals surface area contributed by atoms with E-state index in [9.17, 15) is 0 Å². The third-order valence-corrected chi connectivity index (χ3v) is 1.84. The van der Waals surface area contributed by atoms with Crippen LogP contribution in [-0.2, 0) is 0 Å². The van der Waals surface area contributed by atoms with Crippen LogP contribution in [-0.4, -0.2) is 12.0 Å². The fourth-order valence-corrected chi connectivity index (χ4v) is 1.08. The van der Waals surface area contributed by atoms with Crippen LogP contribution in [0.2, 0.25) is 0 Å². The lowest BCUT2D eigenvalue weighted by Crippen LogP contribution is -2.13. The molecule has 1 unspecified atom stereocenters. The first-order valence-electron chi connectivity index (χ1n) is 4.00. The van der Waals surface area contributed by atoms with E-state index in [0.717, 1.165) is 11.3 Å². The number of aryl methyl sites for hydroxylation is 1. The average Bonchev–Trinajstić information content (AvgIpc) is 2.10. The van der Waals surface area contributed by atoms with E-state index in [-0.39, 0.29) is 6.04 Å². The average molecular weight is 162 g/mol. The monoisotopic (exact) mass is 162 g/mol. The smallest absolute Gasteiger partial charge is 0.0516 e. The lowest BCUT2D eigenvalue weighted by molar-refractivity contribution is 0.712. The molecule has 0 aliphatic rings. The standard InChI is InChI=1S/C10H14N2/c1-4-10(11-3)9-6-5-8(2)12-7-9/h4-7,10-11H,1H2,2-3H3. The summed E-state index contributed by atoms with van der Waals surface area (Å²) in [5, 5.41) is 3.13. The van der Waals surface area contributed by atoms with Crippen molar-refractivity contribution in [1.82, 2.24) is 10.3 Å². The van der Waals surface area contributed by atoms with Gasteiger partial charge in [-0.3, -0.25) is 4.98 Å². The molecular formula is C10H14N2. The second-order valence-corrected chi connectivity index (χ2v) is 2.73. The van der Waals surface area contributed by atoms with Gasteiger partial charge in [0.25, 0.3) is 0 Å². The van der Waals surface area contributed by atoms with E-state index in [0.29, 0.717) is 0 Å². The minimum Gasteiger partial charge on any atom is -0.310 e. The Bertz CT molecular complexity index is 251. The summed E-state index contributed by atoms with van der Waals surface area (Å²) in [4.78, 5) is 4.21. The van der Waals surface area contributed by atoms with Crippen molar-refractivity contribution in [3.05, 3.63) is 42.2 Å². The maximum Gasteiger partial charge on any atom is 0.0516 e. The number of rotatable bonds is 3. The number of likely N-dealkylation sites (N-methyl/N-ethyl adjacent to an activating group) is 1. The molecule has 1 heterocycles. The Labute approximate surface area is 73.3 Å². The van der Waals surface area contributed by atoms with Crippen molar-refractivity contribution >= 4 is 0 Å². The highest BCUT2D eigenvalue weighted by molar-refractivity contribution is 5.20. The predicted octanol–water partition coefficient (Wildman–Crippen LogP) is 1.84. The van der Waals surface area contributed by atoms with E-state index in [2.05, 4.69) is 22.9 Å². The van der Waals surface area contributed by atoms with Crippen molar-refractivity contribution in [2.75, 3.05) is 7.05 Å². The minimum absolute atomic E-state index is 0.207. The molecule has 1 aromatic heterocycles. The van der Waals surface area contributed by atoms with Crippen LogP contribution >= 0.6 is 0 Å². The molecule has 1 N–H and O–H groups in total. The summed E-state index contributed by atoms with van der Waals surface area (Å²) in [7, 11) is 1.91. The number of nitrogens with zero attached hydrogens (tertiary/aromatic N) is 1. The second kappa shape index (κ2) is 4.02. The summed E-state index contributed by atoms with van der Waals surface area (Å²) in [5.41, 5.74) is 2.19. The van der Waals surface area contributed by atoms with Gasteiger partial charge in [0.2, 0.25) is 0 Å². The van der Waals surface area contributed by atoms with Crippen LogP contribution in [0.5, 0.6) is 0 Å². The van der Waals surface area contributed by atoms with Crippen LogP contribution in [0.25, 0.3) is 0 Å². The normalized spacial score (nSPS) is 12.5. The van der Waals surface area contributed by atoms with Gasteiger partial charge < -0.3 is 5.32 Å². The number of aromatic nitrogens is 1. The maximum absolute atomic E-state index is 4.21. The van der Waals surface area contributed by atoms with Gasteiger partial charge in [-0.05, 0) is 25.6 Å². The molecule has 0 bridgehead atoms. The zero-order valence-corrected chi connectivity index (χ0v) is 7.54. The van der Waals surface area contributed by atoms with Gasteiger partial charge in [-0.15, -0.1) is 6.58 Å². The molecule has 0 radical (unpaired) electrons. The van der Waals surface area contributed by atoms with Crippen LogP contribution < -0.4 is 5.32 Å². The van der Waals surface area contributed by atoms with Crippen molar-refractivity contribution in [3.8, 4) is 0 Å². The van der Waals surface area contributed by atoms with E-state index >= 15 is 0 Å². The van der Waals surface area contributed by atoms with E-state index in [1.165, 1.54) is 0 Å². The van der Waals surface area contributed by atoms with E-state index in [1.807, 2.05) is 32.3 Å². The number of pyridine rings is 1. The summed E-state index contributed by atoms with van der Waals surface area (Å²) in [6, 6.07) is 4.27. The van der Waals surface area contributed by atoms with Crippen molar-refractivity contribution in [1.29, 1.82) is 0 Å². The summed E-state index contributed by atoms with van der Waals surface area (Å²) in [6.45, 7) is 5.72. The first kappa shape index (κ1) is 8.94. The summed E-state index contributed by atoms with van der Waals surface area (Å²) in [6.07, 6.45) is 3.74. The molecular weight excluding hydrogens is 148 g/mol. The van der Waals surface area contributed by atoms with Gasteiger partial charge in [0.15, 0.2) is 0 Å². The van der Waals surface area contributed by atoms with Crippen molar-refractivity contribution in [3.63, 3.8) is 0 Å². The highest BCUT2D eigenvalue weighted by atomic mass is 14.9. The largest absolute Gasteiger partial charge is 0.310 e. The SMILES string of the molecule is C=CC(NC)c1ccc(C)nc1. The Balaban J connectivity index is 2.87. The molecule has 0 saturated carbocycles. The topological polar surface area (TPSA) is 24.9 Å². The molecule has 0 aliphatic heterocycles. The molecule has 1 rings (SSSR count). The molecule has 2 heteroatoms. The Hall–Kier alpha value is -1.15. The number of hydrogen-bond donors (Lipinski definition) is 1. The highest BCUT2D eigenvalue weighted by Crippen LogP contribution is 2.11. The van der Waals surface area contributed by atoms with Crippen LogP contribution in [0, 0.1) is 6.92 Å². The molecule has 0 fully saturated rings. The quantitative estimate of drug-likeness (QED) is 0.686. The highest BCUT2D eigenvalue weighted by Gasteiger charge is 2.02. The first-order valence-corrected chi connectivity index (χ1v) is 4.00. The summed E-state index contributed by atoms with van der Waals surface area (Å²) < 4.78 is 0. The van der Waals surface area contributed by atoms with E-state index < -0.39 is 0 Å². The first-order chi connectivity index (χ1) is 5.77. The summed E-state index contributed by atoms with van der Waals surface area (Å²) >= 11 is 0. The summed E-state index contributed by atoms with van der Waals surface area (Å²) in [5.74, 6) is 0. The Morgan fingerprint density at radius 1 is 1.58 bits per heavy atom. The molecule has 0 saturated heterocycles. The molecule has 0 spiro atoms. The molecule has 0 amide bonds. The van der Waals surface area contributed by atoms with Crippen LogP contribution in [0.1, 0.15) is 17.3 Å². The number of nitrogens with one attached hydrogen (secondary N) is 1. The molecule has 0 aliphatic carbocycles. The molecule has 0 aromatic carbocycles. The Morgan fingerprint density at radius 3 is 2.75 bits per heavy atom. The third-order valence-electron chi connectivity index (χ3n) is 1.84. The van der Waals surface area contributed by atoms with Gasteiger partial charge in [0.1, 0.15) is 0 Å². The van der Waals surface area contributed by atoms with Gasteiger partial charge >= 0.3 is 0 Å². The predicted molar refractivity (Wildman–Crippen MR) is 51.0 cm³/mol. The second-order valence-electron chi connectivity index (χ2n) is 2.73. The fourth-order valence-electron chi connectivity index (χ4n) is 1.08. The van der Waals surface area contributed by atoms with Crippen LogP contribution in [0.4, 0.5) is 0 Å². The van der Waals surface area contributed by atoms with Crippen molar-refractivity contribution in [2.24, 2.45) is 0 Å². The minimum atomic E-state index is 0.207. The zero-order chi connectivity index (χ0) is 8.97. The third kappa shape index (κ3) is 1.92. The fraction of sp³-hybridized carbons (Fsp3) is 0.300. The molecule has 12 heavy (non-hydrogen) atoms. The maximum atomic E-state index is 4.21. The van der Waals surface area contributed by atoms with Crippen molar-refractivity contribution < 1.29 is 0 Å². The van der Waals surface area contributed by atoms with Gasteiger partial charge in [-0.25, -0.2) is 0 Å². The van der Waals surface area contributed by atoms with Gasteiger partial charge in [-0.1, -0.05) is 12.1 Å². The lowest BCUT2D eigenvalue weighted by atomic mass is 10.1. The molecule has 64 valence electrons. The van der Waals surface area contributed by atoms with Gasteiger partial charge in [-0.2, -0.15) is 0 Å². The van der Waals surface area contributed by atoms with Gasteiger partial charge in [0, 0.05) is 11.9 Å². The van der Waals surface area contributed by atoms with Crippen LogP contribution in [0.3, 0.4) is 0 Å². The van der Waals surface area contributed by atoms with Crippen LogP contribution in [0.15, 0.2) is 31.0 Å². The Kier molecular flexibility index (Phi) is 3.00. The van der Waals surface area contributed by atoms with E-state index in [4.69, 9.17) is 0 Å². The lowest BCUT2D eigenvalue weighted by Gasteiger charge is -2.10. The zero-order valence-electron chi connectivity index (χ0n) is 7.54.